The number of carboxylic acid groups (broad SMARTS) is 1. The van der Waals surface area contributed by atoms with Crippen molar-refractivity contribution in [1.82, 2.24) is 0 Å². The fraction of sp³-hybridized carbons (Fsp3) is 0.269. The van der Waals surface area contributed by atoms with Gasteiger partial charge in [0, 0.05) is 42.1 Å². The van der Waals surface area contributed by atoms with Crippen LogP contribution in [-0.2, 0) is 17.8 Å². The maximum atomic E-state index is 15.2. The molecule has 0 fully saturated rings. The van der Waals surface area contributed by atoms with Crippen LogP contribution < -0.4 is 16.0 Å². The molecule has 0 spiro atoms. The summed E-state index contributed by atoms with van der Waals surface area (Å²) >= 11 is 0. The van der Waals surface area contributed by atoms with Gasteiger partial charge >= 0.3 is 5.97 Å². The standard InChI is InChI=1S/C26H28F3N3O2/c1-16(30)22-8-5-9-23(26(22)29)19-10-20(31-14-24(27)28)13-21(11-19)32(2)15-18-7-4-3-6-17(18)12-25(33)34/h3-11,13,16,24,31H,12,14-15,30H2,1-2H3,(H,33,34)/t16-/m1/s1. The molecule has 0 bridgehead atoms. The molecule has 0 radical (unpaired) electrons. The first-order chi connectivity index (χ1) is 16.2. The number of halogens is 3. The number of hydrogen-bond acceptors (Lipinski definition) is 4. The molecule has 0 aliphatic carbocycles. The van der Waals surface area contributed by atoms with Crippen molar-refractivity contribution in [3.05, 3.63) is 83.2 Å². The van der Waals surface area contributed by atoms with E-state index in [4.69, 9.17) is 5.73 Å². The van der Waals surface area contributed by atoms with E-state index < -0.39 is 30.8 Å². The number of nitrogens with zero attached hydrogens (tertiary/aromatic N) is 1. The summed E-state index contributed by atoms with van der Waals surface area (Å²) in [7, 11) is 1.81. The van der Waals surface area contributed by atoms with Crippen molar-refractivity contribution >= 4 is 17.3 Å². The summed E-state index contributed by atoms with van der Waals surface area (Å²) in [5, 5.41) is 11.9. The van der Waals surface area contributed by atoms with Crippen molar-refractivity contribution < 1.29 is 23.1 Å². The summed E-state index contributed by atoms with van der Waals surface area (Å²) in [5.41, 5.74) is 9.68. The zero-order valence-corrected chi connectivity index (χ0v) is 19.1. The molecule has 0 heterocycles. The molecule has 5 nitrogen and oxygen atoms in total. The Morgan fingerprint density at radius 2 is 1.79 bits per heavy atom. The van der Waals surface area contributed by atoms with E-state index in [1.54, 1.807) is 55.5 Å². The first kappa shape index (κ1) is 25.1. The molecule has 3 aromatic rings. The fourth-order valence-corrected chi connectivity index (χ4v) is 3.80. The lowest BCUT2D eigenvalue weighted by atomic mass is 9.98. The van der Waals surface area contributed by atoms with Crippen molar-refractivity contribution in [2.45, 2.75) is 32.4 Å². The lowest BCUT2D eigenvalue weighted by Gasteiger charge is -2.23. The van der Waals surface area contributed by atoms with Gasteiger partial charge in [-0.15, -0.1) is 0 Å². The topological polar surface area (TPSA) is 78.6 Å². The minimum absolute atomic E-state index is 0.111. The Kier molecular flexibility index (Phi) is 8.17. The molecular formula is C26H28F3N3O2. The van der Waals surface area contributed by atoms with Crippen LogP contribution in [0.5, 0.6) is 0 Å². The van der Waals surface area contributed by atoms with Crippen LogP contribution in [0.15, 0.2) is 60.7 Å². The van der Waals surface area contributed by atoms with E-state index in [0.29, 0.717) is 40.2 Å². The number of carboxylic acids is 1. The first-order valence-electron chi connectivity index (χ1n) is 10.9. The van der Waals surface area contributed by atoms with E-state index in [-0.39, 0.29) is 6.42 Å². The lowest BCUT2D eigenvalue weighted by Crippen LogP contribution is -2.19. The van der Waals surface area contributed by atoms with E-state index >= 15 is 4.39 Å². The minimum Gasteiger partial charge on any atom is -0.481 e. The summed E-state index contributed by atoms with van der Waals surface area (Å²) in [5.74, 6) is -1.39. The maximum Gasteiger partial charge on any atom is 0.307 e. The van der Waals surface area contributed by atoms with Crippen molar-refractivity contribution in [2.24, 2.45) is 5.73 Å². The number of nitrogens with two attached hydrogens (primary N) is 1. The number of aliphatic carboxylic acids is 1. The molecule has 0 saturated carbocycles. The van der Waals surface area contributed by atoms with Gasteiger partial charge in [-0.25, -0.2) is 13.2 Å². The van der Waals surface area contributed by atoms with Gasteiger partial charge in [-0.3, -0.25) is 4.79 Å². The molecule has 0 aromatic heterocycles. The maximum absolute atomic E-state index is 15.2. The second-order valence-corrected chi connectivity index (χ2v) is 8.23. The molecule has 0 saturated heterocycles. The van der Waals surface area contributed by atoms with Crippen LogP contribution in [0.3, 0.4) is 0 Å². The van der Waals surface area contributed by atoms with Gasteiger partial charge < -0.3 is 21.1 Å². The second kappa shape index (κ2) is 11.1. The predicted molar refractivity (Wildman–Crippen MR) is 129 cm³/mol. The third-order valence-electron chi connectivity index (χ3n) is 5.52. The second-order valence-electron chi connectivity index (χ2n) is 8.23. The summed E-state index contributed by atoms with van der Waals surface area (Å²) < 4.78 is 40.9. The summed E-state index contributed by atoms with van der Waals surface area (Å²) in [6.07, 6.45) is -2.66. The monoisotopic (exact) mass is 471 g/mol. The summed E-state index contributed by atoms with van der Waals surface area (Å²) in [6.45, 7) is 1.52. The molecule has 180 valence electrons. The Labute approximate surface area is 197 Å². The highest BCUT2D eigenvalue weighted by molar-refractivity contribution is 5.75. The number of hydrogen-bond donors (Lipinski definition) is 3. The number of rotatable bonds is 10. The molecular weight excluding hydrogens is 443 g/mol. The Hall–Kier alpha value is -3.52. The van der Waals surface area contributed by atoms with Gasteiger partial charge in [0.1, 0.15) is 5.82 Å². The number of nitrogens with one attached hydrogen (secondary N) is 1. The fourth-order valence-electron chi connectivity index (χ4n) is 3.80. The largest absolute Gasteiger partial charge is 0.481 e. The van der Waals surface area contributed by atoms with Crippen LogP contribution in [-0.4, -0.2) is 31.1 Å². The van der Waals surface area contributed by atoms with Gasteiger partial charge in [0.15, 0.2) is 0 Å². The number of carbonyl (C=O) groups is 1. The van der Waals surface area contributed by atoms with Crippen LogP contribution in [0.2, 0.25) is 0 Å². The van der Waals surface area contributed by atoms with Crippen molar-refractivity contribution in [3.8, 4) is 11.1 Å². The van der Waals surface area contributed by atoms with Crippen LogP contribution in [0.4, 0.5) is 24.5 Å². The molecule has 0 unspecified atom stereocenters. The van der Waals surface area contributed by atoms with E-state index in [1.165, 1.54) is 0 Å². The number of anilines is 2. The Bertz CT molecular complexity index is 1150. The van der Waals surface area contributed by atoms with Crippen LogP contribution in [0.1, 0.15) is 29.7 Å². The normalized spacial score (nSPS) is 12.0. The Morgan fingerprint density at radius 3 is 2.44 bits per heavy atom. The smallest absolute Gasteiger partial charge is 0.307 e. The third kappa shape index (κ3) is 6.29. The highest BCUT2D eigenvalue weighted by Crippen LogP contribution is 2.33. The Morgan fingerprint density at radius 1 is 1.09 bits per heavy atom. The van der Waals surface area contributed by atoms with Gasteiger partial charge in [-0.05, 0) is 41.8 Å². The zero-order valence-electron chi connectivity index (χ0n) is 19.1. The van der Waals surface area contributed by atoms with E-state index in [0.717, 1.165) is 5.56 Å². The molecule has 4 N–H and O–H groups in total. The lowest BCUT2D eigenvalue weighted by molar-refractivity contribution is -0.136. The highest BCUT2D eigenvalue weighted by atomic mass is 19.3. The first-order valence-corrected chi connectivity index (χ1v) is 10.9. The number of benzene rings is 3. The molecule has 0 aliphatic rings. The van der Waals surface area contributed by atoms with Gasteiger partial charge in [0.25, 0.3) is 6.43 Å². The predicted octanol–water partition coefficient (Wildman–Crippen LogP) is 5.45. The van der Waals surface area contributed by atoms with Crippen molar-refractivity contribution in [2.75, 3.05) is 23.8 Å². The molecule has 0 aliphatic heterocycles. The van der Waals surface area contributed by atoms with Crippen LogP contribution in [0.25, 0.3) is 11.1 Å². The average molecular weight is 472 g/mol. The van der Waals surface area contributed by atoms with Gasteiger partial charge in [-0.1, -0.05) is 42.5 Å². The third-order valence-corrected chi connectivity index (χ3v) is 5.52. The van der Waals surface area contributed by atoms with Gasteiger partial charge in [-0.2, -0.15) is 0 Å². The van der Waals surface area contributed by atoms with E-state index in [9.17, 15) is 18.7 Å². The molecule has 34 heavy (non-hydrogen) atoms. The Balaban J connectivity index is 2.02. The molecule has 8 heteroatoms. The van der Waals surface area contributed by atoms with E-state index in [1.807, 2.05) is 24.1 Å². The SMILES string of the molecule is C[C@@H](N)c1cccc(-c2cc(NCC(F)F)cc(N(C)Cc3ccccc3CC(=O)O)c2)c1F. The quantitative estimate of drug-likeness (QED) is 0.366. The van der Waals surface area contributed by atoms with Crippen molar-refractivity contribution in [3.63, 3.8) is 0 Å². The highest BCUT2D eigenvalue weighted by Gasteiger charge is 2.16. The van der Waals surface area contributed by atoms with Gasteiger partial charge in [0.05, 0.1) is 13.0 Å². The van der Waals surface area contributed by atoms with E-state index in [2.05, 4.69) is 5.32 Å². The van der Waals surface area contributed by atoms with Crippen molar-refractivity contribution in [1.29, 1.82) is 0 Å². The summed E-state index contributed by atoms with van der Waals surface area (Å²) in [6, 6.07) is 16.8. The van der Waals surface area contributed by atoms with Gasteiger partial charge in [0.2, 0.25) is 0 Å². The molecule has 0 amide bonds. The van der Waals surface area contributed by atoms with Crippen LogP contribution in [0, 0.1) is 5.82 Å². The molecule has 1 atom stereocenters. The average Bonchev–Trinajstić information content (AvgIpc) is 2.78. The number of alkyl halides is 2. The zero-order chi connectivity index (χ0) is 24.8. The molecule has 3 rings (SSSR count). The summed E-state index contributed by atoms with van der Waals surface area (Å²) in [4.78, 5) is 13.1. The minimum atomic E-state index is -2.55. The molecule has 3 aromatic carbocycles. The van der Waals surface area contributed by atoms with Crippen LogP contribution >= 0.6 is 0 Å².